The number of anilines is 1. The summed E-state index contributed by atoms with van der Waals surface area (Å²) in [5.41, 5.74) is -0.268. The molecule has 0 radical (unpaired) electrons. The molecule has 1 aromatic carbocycles. The summed E-state index contributed by atoms with van der Waals surface area (Å²) in [6, 6.07) is 3.50. The molecule has 1 N–H and O–H groups in total. The van der Waals surface area contributed by atoms with Gasteiger partial charge >= 0.3 is 12.2 Å². The summed E-state index contributed by atoms with van der Waals surface area (Å²) in [6.07, 6.45) is -1.87. The van der Waals surface area contributed by atoms with Gasteiger partial charge in [0.25, 0.3) is 9.05 Å². The van der Waals surface area contributed by atoms with Crippen LogP contribution in [0.25, 0.3) is 0 Å². The number of cyclic esters (lactones) is 1. The number of rotatable bonds is 3. The lowest BCUT2D eigenvalue weighted by Gasteiger charge is -2.31. The quantitative estimate of drug-likeness (QED) is 0.749. The Kier molecular flexibility index (Phi) is 4.89. The van der Waals surface area contributed by atoms with Crippen LogP contribution in [-0.2, 0) is 18.5 Å². The lowest BCUT2D eigenvalue weighted by Crippen LogP contribution is -2.48. The standard InChI is InChI=1S/C16H19ClN2O7S/c1-16(2,3)26-14(20)18-7-13-11-8-24-12-6-9(27(17,22)23)4-5-10(12)19(11)15(21)25-13/h4-6,11,13H,7-8H2,1-3H3,(H,18,20). The van der Waals surface area contributed by atoms with E-state index in [4.69, 9.17) is 24.9 Å². The van der Waals surface area contributed by atoms with Crippen molar-refractivity contribution < 1.29 is 32.2 Å². The minimum Gasteiger partial charge on any atom is -0.489 e. The van der Waals surface area contributed by atoms with Gasteiger partial charge in [0.05, 0.1) is 17.1 Å². The molecule has 27 heavy (non-hydrogen) atoms. The van der Waals surface area contributed by atoms with Gasteiger partial charge in [-0.2, -0.15) is 0 Å². The van der Waals surface area contributed by atoms with Crippen LogP contribution in [0.1, 0.15) is 20.8 Å². The summed E-state index contributed by atoms with van der Waals surface area (Å²) in [5.74, 6) is 0.214. The van der Waals surface area contributed by atoms with Gasteiger partial charge in [-0.1, -0.05) is 0 Å². The van der Waals surface area contributed by atoms with Crippen LogP contribution in [0.5, 0.6) is 5.75 Å². The molecule has 9 nitrogen and oxygen atoms in total. The van der Waals surface area contributed by atoms with Crippen LogP contribution in [0.3, 0.4) is 0 Å². The largest absolute Gasteiger partial charge is 0.489 e. The number of amides is 2. The maximum Gasteiger partial charge on any atom is 0.415 e. The van der Waals surface area contributed by atoms with Crippen LogP contribution in [0.15, 0.2) is 23.1 Å². The second kappa shape index (κ2) is 6.75. The highest BCUT2D eigenvalue weighted by Gasteiger charge is 2.46. The number of halogens is 1. The number of nitrogens with one attached hydrogen (secondary N) is 1. The van der Waals surface area contributed by atoms with Gasteiger partial charge in [0.1, 0.15) is 30.1 Å². The third-order valence-electron chi connectivity index (χ3n) is 3.94. The molecule has 1 saturated heterocycles. The average Bonchev–Trinajstić information content (AvgIpc) is 2.86. The minimum atomic E-state index is -3.92. The lowest BCUT2D eigenvalue weighted by molar-refractivity contribution is 0.0482. The van der Waals surface area contributed by atoms with Gasteiger partial charge in [-0.3, -0.25) is 4.90 Å². The maximum atomic E-state index is 12.3. The van der Waals surface area contributed by atoms with E-state index in [1.54, 1.807) is 20.8 Å². The first-order chi connectivity index (χ1) is 12.5. The summed E-state index contributed by atoms with van der Waals surface area (Å²) in [5, 5.41) is 2.57. The van der Waals surface area contributed by atoms with Crippen LogP contribution < -0.4 is 15.0 Å². The fraction of sp³-hybridized carbons (Fsp3) is 0.500. The zero-order valence-corrected chi connectivity index (χ0v) is 16.5. The molecule has 2 amide bonds. The molecule has 2 aliphatic rings. The number of hydrogen-bond donors (Lipinski definition) is 1. The van der Waals surface area contributed by atoms with Crippen molar-refractivity contribution in [2.75, 3.05) is 18.1 Å². The SMILES string of the molecule is CC(C)(C)OC(=O)NCC1OC(=O)N2c3ccc(S(=O)(=O)Cl)cc3OCC12. The van der Waals surface area contributed by atoms with Crippen molar-refractivity contribution >= 4 is 37.6 Å². The molecule has 0 aliphatic carbocycles. The molecule has 0 aromatic heterocycles. The van der Waals surface area contributed by atoms with Gasteiger partial charge in [0, 0.05) is 16.7 Å². The zero-order valence-electron chi connectivity index (χ0n) is 14.9. The van der Waals surface area contributed by atoms with Gasteiger partial charge in [-0.05, 0) is 32.9 Å². The van der Waals surface area contributed by atoms with E-state index in [-0.39, 0.29) is 23.8 Å². The Bertz CT molecular complexity index is 881. The highest BCUT2D eigenvalue weighted by atomic mass is 35.7. The summed E-state index contributed by atoms with van der Waals surface area (Å²) < 4.78 is 39.0. The number of benzene rings is 1. The molecule has 1 aromatic rings. The van der Waals surface area contributed by atoms with E-state index >= 15 is 0 Å². The number of carbonyl (C=O) groups is 2. The second-order valence-corrected chi connectivity index (χ2v) is 9.69. The normalized spacial score (nSPS) is 21.6. The molecular weight excluding hydrogens is 400 g/mol. The van der Waals surface area contributed by atoms with Crippen molar-refractivity contribution in [1.29, 1.82) is 0 Å². The van der Waals surface area contributed by atoms with Crippen molar-refractivity contribution in [3.8, 4) is 5.75 Å². The van der Waals surface area contributed by atoms with Gasteiger partial charge < -0.3 is 19.5 Å². The smallest absolute Gasteiger partial charge is 0.415 e. The zero-order chi connectivity index (χ0) is 20.0. The van der Waals surface area contributed by atoms with E-state index < -0.39 is 39.0 Å². The Morgan fingerprint density at radius 3 is 2.74 bits per heavy atom. The van der Waals surface area contributed by atoms with Gasteiger partial charge in [-0.25, -0.2) is 18.0 Å². The Labute approximate surface area is 160 Å². The van der Waals surface area contributed by atoms with Crippen molar-refractivity contribution in [3.05, 3.63) is 18.2 Å². The average molecular weight is 419 g/mol. The van der Waals surface area contributed by atoms with Gasteiger partial charge in [0.2, 0.25) is 0 Å². The molecule has 11 heteroatoms. The van der Waals surface area contributed by atoms with Crippen LogP contribution in [0.2, 0.25) is 0 Å². The molecule has 2 atom stereocenters. The predicted octanol–water partition coefficient (Wildman–Crippen LogP) is 2.23. The van der Waals surface area contributed by atoms with Crippen molar-refractivity contribution in [1.82, 2.24) is 5.32 Å². The van der Waals surface area contributed by atoms with Crippen LogP contribution >= 0.6 is 10.7 Å². The van der Waals surface area contributed by atoms with E-state index in [9.17, 15) is 18.0 Å². The predicted molar refractivity (Wildman–Crippen MR) is 95.7 cm³/mol. The Morgan fingerprint density at radius 2 is 2.11 bits per heavy atom. The number of fused-ring (bicyclic) bond motifs is 3. The number of ether oxygens (including phenoxy) is 3. The van der Waals surface area contributed by atoms with E-state index in [2.05, 4.69) is 5.32 Å². The molecule has 2 aliphatic heterocycles. The first-order valence-corrected chi connectivity index (χ1v) is 10.4. The van der Waals surface area contributed by atoms with Crippen molar-refractivity contribution in [3.63, 3.8) is 0 Å². The van der Waals surface area contributed by atoms with E-state index in [0.717, 1.165) is 0 Å². The lowest BCUT2D eigenvalue weighted by atomic mass is 10.1. The first kappa shape index (κ1) is 19.6. The van der Waals surface area contributed by atoms with Gasteiger partial charge in [-0.15, -0.1) is 0 Å². The monoisotopic (exact) mass is 418 g/mol. The molecule has 1 fully saturated rings. The Morgan fingerprint density at radius 1 is 1.41 bits per heavy atom. The maximum absolute atomic E-state index is 12.3. The Hall–Kier alpha value is -2.20. The summed E-state index contributed by atoms with van der Waals surface area (Å²) in [7, 11) is 1.42. The topological polar surface area (TPSA) is 111 Å². The summed E-state index contributed by atoms with van der Waals surface area (Å²) >= 11 is 0. The minimum absolute atomic E-state index is 0.0503. The third-order valence-corrected chi connectivity index (χ3v) is 5.29. The van der Waals surface area contributed by atoms with Crippen LogP contribution in [0.4, 0.5) is 15.3 Å². The van der Waals surface area contributed by atoms with E-state index in [0.29, 0.717) is 5.69 Å². The molecular formula is C16H19ClN2O7S. The molecule has 0 saturated carbocycles. The highest BCUT2D eigenvalue weighted by molar-refractivity contribution is 8.13. The molecule has 148 valence electrons. The molecule has 3 rings (SSSR count). The van der Waals surface area contributed by atoms with Crippen LogP contribution in [0, 0.1) is 0 Å². The second-order valence-electron chi connectivity index (χ2n) is 7.12. The molecule has 2 heterocycles. The third kappa shape index (κ3) is 4.22. The van der Waals surface area contributed by atoms with Gasteiger partial charge in [0.15, 0.2) is 0 Å². The van der Waals surface area contributed by atoms with E-state index in [1.165, 1.54) is 23.1 Å². The number of carbonyl (C=O) groups excluding carboxylic acids is 2. The number of hydrogen-bond acceptors (Lipinski definition) is 7. The number of alkyl carbamates (subject to hydrolysis) is 1. The van der Waals surface area contributed by atoms with Crippen molar-refractivity contribution in [2.24, 2.45) is 0 Å². The Balaban J connectivity index is 1.74. The molecule has 2 unspecified atom stereocenters. The molecule has 0 bridgehead atoms. The van der Waals surface area contributed by atoms with Crippen LogP contribution in [-0.4, -0.2) is 51.5 Å². The number of nitrogens with zero attached hydrogens (tertiary/aromatic N) is 1. The summed E-state index contributed by atoms with van der Waals surface area (Å²) in [6.45, 7) is 5.35. The fourth-order valence-electron chi connectivity index (χ4n) is 2.84. The highest BCUT2D eigenvalue weighted by Crippen LogP contribution is 2.40. The summed E-state index contributed by atoms with van der Waals surface area (Å²) in [4.78, 5) is 25.3. The molecule has 0 spiro atoms. The van der Waals surface area contributed by atoms with E-state index in [1.807, 2.05) is 0 Å². The first-order valence-electron chi connectivity index (χ1n) is 8.14. The fourth-order valence-corrected chi connectivity index (χ4v) is 3.60. The van der Waals surface area contributed by atoms with Crippen molar-refractivity contribution in [2.45, 2.75) is 43.4 Å².